The van der Waals surface area contributed by atoms with Crippen molar-refractivity contribution in [3.05, 3.63) is 59.4 Å². The first kappa shape index (κ1) is 17.1. The van der Waals surface area contributed by atoms with E-state index in [0.717, 1.165) is 29.9 Å². The number of thiazole rings is 1. The summed E-state index contributed by atoms with van der Waals surface area (Å²) in [6.07, 6.45) is 3.35. The summed E-state index contributed by atoms with van der Waals surface area (Å²) in [7, 11) is 0. The van der Waals surface area contributed by atoms with Gasteiger partial charge in [0.1, 0.15) is 11.9 Å². The van der Waals surface area contributed by atoms with Crippen LogP contribution in [0.5, 0.6) is 0 Å². The SMILES string of the molecule is O=C(C[NH+]1CCCC[C@@H]1c1nc2ccccc2s1)Nc1ccc(F)cc1. The predicted octanol–water partition coefficient (Wildman–Crippen LogP) is 3.18. The Balaban J connectivity index is 1.48. The molecule has 6 heteroatoms. The van der Waals surface area contributed by atoms with Crippen LogP contribution in [0, 0.1) is 5.82 Å². The van der Waals surface area contributed by atoms with E-state index < -0.39 is 0 Å². The number of carbonyl (C=O) groups is 1. The lowest BCUT2D eigenvalue weighted by Gasteiger charge is -2.30. The molecule has 1 fully saturated rings. The molecule has 1 aliphatic heterocycles. The number of amides is 1. The third-order valence-electron chi connectivity index (χ3n) is 4.86. The Labute approximate surface area is 155 Å². The van der Waals surface area contributed by atoms with E-state index in [1.54, 1.807) is 23.5 Å². The molecule has 1 aliphatic rings. The van der Waals surface area contributed by atoms with Gasteiger partial charge in [-0.2, -0.15) is 0 Å². The number of carbonyl (C=O) groups excluding carboxylic acids is 1. The number of anilines is 1. The van der Waals surface area contributed by atoms with E-state index in [1.165, 1.54) is 28.2 Å². The normalized spacial score (nSPS) is 20.2. The lowest BCUT2D eigenvalue weighted by atomic mass is 10.0. The topological polar surface area (TPSA) is 46.4 Å². The zero-order valence-electron chi connectivity index (χ0n) is 14.4. The molecule has 0 bridgehead atoms. The molecule has 134 valence electrons. The van der Waals surface area contributed by atoms with Crippen molar-refractivity contribution in [3.63, 3.8) is 0 Å². The molecule has 1 saturated heterocycles. The van der Waals surface area contributed by atoms with Crippen LogP contribution in [-0.2, 0) is 4.79 Å². The van der Waals surface area contributed by atoms with Gasteiger partial charge in [0.05, 0.1) is 16.8 Å². The molecule has 1 aromatic heterocycles. The summed E-state index contributed by atoms with van der Waals surface area (Å²) in [4.78, 5) is 18.5. The van der Waals surface area contributed by atoms with Gasteiger partial charge >= 0.3 is 0 Å². The fraction of sp³-hybridized carbons (Fsp3) is 0.300. The molecule has 0 saturated carbocycles. The third kappa shape index (κ3) is 3.76. The summed E-state index contributed by atoms with van der Waals surface area (Å²) in [5.74, 6) is -0.347. The van der Waals surface area contributed by atoms with Crippen LogP contribution in [0.2, 0.25) is 0 Å². The smallest absolute Gasteiger partial charge is 0.279 e. The number of quaternary nitrogens is 1. The summed E-state index contributed by atoms with van der Waals surface area (Å²) < 4.78 is 14.2. The Morgan fingerprint density at radius 2 is 2.00 bits per heavy atom. The van der Waals surface area contributed by atoms with Gasteiger partial charge in [-0.05, 0) is 49.2 Å². The first-order valence-corrected chi connectivity index (χ1v) is 9.76. The lowest BCUT2D eigenvalue weighted by molar-refractivity contribution is -0.929. The van der Waals surface area contributed by atoms with E-state index in [9.17, 15) is 9.18 Å². The van der Waals surface area contributed by atoms with Crippen molar-refractivity contribution in [3.8, 4) is 0 Å². The van der Waals surface area contributed by atoms with Gasteiger partial charge in [-0.1, -0.05) is 12.1 Å². The Bertz CT molecular complexity index is 876. The Morgan fingerprint density at radius 3 is 2.81 bits per heavy atom. The quantitative estimate of drug-likeness (QED) is 0.741. The largest absolute Gasteiger partial charge is 0.321 e. The van der Waals surface area contributed by atoms with Gasteiger partial charge in [-0.25, -0.2) is 9.37 Å². The Hall–Kier alpha value is -2.31. The van der Waals surface area contributed by atoms with Crippen molar-refractivity contribution in [1.29, 1.82) is 0 Å². The van der Waals surface area contributed by atoms with Crippen LogP contribution in [-0.4, -0.2) is 24.0 Å². The number of aromatic nitrogens is 1. The highest BCUT2D eigenvalue weighted by Gasteiger charge is 2.31. The van der Waals surface area contributed by atoms with Gasteiger partial charge in [0.25, 0.3) is 5.91 Å². The van der Waals surface area contributed by atoms with Crippen molar-refractivity contribution in [1.82, 2.24) is 4.98 Å². The molecule has 2 aromatic carbocycles. The van der Waals surface area contributed by atoms with Crippen LogP contribution >= 0.6 is 11.3 Å². The van der Waals surface area contributed by atoms with Crippen molar-refractivity contribution < 1.29 is 14.1 Å². The number of hydrogen-bond acceptors (Lipinski definition) is 3. The monoisotopic (exact) mass is 370 g/mol. The Kier molecular flexibility index (Phi) is 4.95. The van der Waals surface area contributed by atoms with Gasteiger partial charge in [0.2, 0.25) is 0 Å². The third-order valence-corrected chi connectivity index (χ3v) is 6.01. The molecule has 26 heavy (non-hydrogen) atoms. The number of halogens is 1. The first-order chi connectivity index (χ1) is 12.7. The van der Waals surface area contributed by atoms with Crippen molar-refractivity contribution in [2.75, 3.05) is 18.4 Å². The molecule has 1 unspecified atom stereocenters. The maximum Gasteiger partial charge on any atom is 0.279 e. The summed E-state index contributed by atoms with van der Waals surface area (Å²) in [5, 5.41) is 3.99. The van der Waals surface area contributed by atoms with E-state index in [0.29, 0.717) is 12.2 Å². The van der Waals surface area contributed by atoms with Gasteiger partial charge < -0.3 is 10.2 Å². The molecule has 3 aromatic rings. The molecule has 0 radical (unpaired) electrons. The molecular formula is C20H21FN3OS+. The summed E-state index contributed by atoms with van der Waals surface area (Å²) in [6, 6.07) is 14.3. The number of nitrogens with zero attached hydrogens (tertiary/aromatic N) is 1. The van der Waals surface area contributed by atoms with Crippen LogP contribution in [0.1, 0.15) is 30.3 Å². The van der Waals surface area contributed by atoms with Crippen LogP contribution in [0.15, 0.2) is 48.5 Å². The number of piperidine rings is 1. The zero-order chi connectivity index (χ0) is 17.9. The maximum absolute atomic E-state index is 13.0. The number of hydrogen-bond donors (Lipinski definition) is 2. The average molecular weight is 370 g/mol. The number of rotatable bonds is 4. The van der Waals surface area contributed by atoms with Crippen molar-refractivity contribution in [2.45, 2.75) is 25.3 Å². The number of benzene rings is 2. The summed E-state index contributed by atoms with van der Waals surface area (Å²) >= 11 is 1.73. The molecule has 2 N–H and O–H groups in total. The predicted molar refractivity (Wildman–Crippen MR) is 102 cm³/mol. The molecule has 1 amide bonds. The van der Waals surface area contributed by atoms with Crippen LogP contribution in [0.4, 0.5) is 10.1 Å². The van der Waals surface area contributed by atoms with E-state index >= 15 is 0 Å². The zero-order valence-corrected chi connectivity index (χ0v) is 15.2. The second-order valence-corrected chi connectivity index (χ2v) is 7.77. The molecule has 4 nitrogen and oxygen atoms in total. The minimum atomic E-state index is -0.305. The van der Waals surface area contributed by atoms with E-state index in [-0.39, 0.29) is 17.8 Å². The van der Waals surface area contributed by atoms with Crippen LogP contribution in [0.25, 0.3) is 10.2 Å². The highest BCUT2D eigenvalue weighted by molar-refractivity contribution is 7.18. The fourth-order valence-corrected chi connectivity index (χ4v) is 4.73. The maximum atomic E-state index is 13.0. The molecular weight excluding hydrogens is 349 g/mol. The standard InChI is InChI=1S/C20H20FN3OS/c21-14-8-10-15(11-9-14)22-19(25)13-24-12-4-3-6-17(24)20-23-16-5-1-2-7-18(16)26-20/h1-2,5,7-11,17H,3-4,6,12-13H2,(H,22,25)/p+1/t17-/m1/s1. The number of para-hydroxylation sites is 1. The summed E-state index contributed by atoms with van der Waals surface area (Å²) in [6.45, 7) is 1.37. The second-order valence-electron chi connectivity index (χ2n) is 6.71. The summed E-state index contributed by atoms with van der Waals surface area (Å²) in [5.41, 5.74) is 1.66. The minimum absolute atomic E-state index is 0.0420. The van der Waals surface area contributed by atoms with Crippen LogP contribution < -0.4 is 10.2 Å². The number of fused-ring (bicyclic) bond motifs is 1. The fourth-order valence-electron chi connectivity index (χ4n) is 3.57. The van der Waals surface area contributed by atoms with E-state index in [2.05, 4.69) is 11.4 Å². The minimum Gasteiger partial charge on any atom is -0.321 e. The number of nitrogens with one attached hydrogen (secondary N) is 2. The van der Waals surface area contributed by atoms with Gasteiger partial charge in [-0.15, -0.1) is 11.3 Å². The highest BCUT2D eigenvalue weighted by atomic mass is 32.1. The van der Waals surface area contributed by atoms with Gasteiger partial charge in [0, 0.05) is 12.1 Å². The van der Waals surface area contributed by atoms with E-state index in [1.807, 2.05) is 18.2 Å². The Morgan fingerprint density at radius 1 is 1.19 bits per heavy atom. The molecule has 2 heterocycles. The van der Waals surface area contributed by atoms with E-state index in [4.69, 9.17) is 4.98 Å². The second kappa shape index (κ2) is 7.51. The highest BCUT2D eigenvalue weighted by Crippen LogP contribution is 2.28. The molecule has 0 aliphatic carbocycles. The number of likely N-dealkylation sites (tertiary alicyclic amines) is 1. The van der Waals surface area contributed by atoms with Crippen molar-refractivity contribution >= 4 is 33.1 Å². The molecule has 2 atom stereocenters. The van der Waals surface area contributed by atoms with Crippen molar-refractivity contribution in [2.24, 2.45) is 0 Å². The van der Waals surface area contributed by atoms with Gasteiger partial charge in [-0.3, -0.25) is 4.79 Å². The van der Waals surface area contributed by atoms with Crippen LogP contribution in [0.3, 0.4) is 0 Å². The average Bonchev–Trinajstić information content (AvgIpc) is 3.08. The molecule has 0 spiro atoms. The first-order valence-electron chi connectivity index (χ1n) is 8.94. The van der Waals surface area contributed by atoms with Gasteiger partial charge in [0.15, 0.2) is 11.6 Å². The molecule has 4 rings (SSSR count). The lowest BCUT2D eigenvalue weighted by Crippen LogP contribution is -3.14.